The molecule has 1 aromatic heterocycles. The molecule has 0 aliphatic carbocycles. The number of para-hydroxylation sites is 1. The molecular formula is C23H30N4O4S. The molecule has 0 bridgehead atoms. The van der Waals surface area contributed by atoms with Gasteiger partial charge in [-0.3, -0.25) is 4.90 Å². The first-order valence-corrected chi connectivity index (χ1v) is 12.4. The molecule has 1 fully saturated rings. The van der Waals surface area contributed by atoms with Crippen LogP contribution in [0.3, 0.4) is 0 Å². The molecular weight excluding hydrogens is 428 g/mol. The topological polar surface area (TPSA) is 76.9 Å². The number of morpholine rings is 1. The standard InChI is InChI=1S/C23H30N4O4S/c1-3-27-22-10-9-20(32(28,29)26-12-14-30-15-13-26)17-21(22)24-23(27)18-25(2)11-16-31-19-7-5-4-6-8-19/h4-10,17H,3,11-16,18H2,1-2H3. The largest absolute Gasteiger partial charge is 0.492 e. The Balaban J connectivity index is 1.48. The maximum absolute atomic E-state index is 13.0. The van der Waals surface area contributed by atoms with Crippen molar-refractivity contribution in [3.05, 3.63) is 54.4 Å². The van der Waals surface area contributed by atoms with E-state index in [1.807, 2.05) is 43.4 Å². The van der Waals surface area contributed by atoms with Crippen LogP contribution in [-0.2, 0) is 27.8 Å². The summed E-state index contributed by atoms with van der Waals surface area (Å²) in [5, 5.41) is 0. The molecule has 0 unspecified atom stereocenters. The normalized spacial score (nSPS) is 15.5. The molecule has 1 aliphatic rings. The zero-order chi connectivity index (χ0) is 22.6. The number of nitrogens with zero attached hydrogens (tertiary/aromatic N) is 4. The summed E-state index contributed by atoms with van der Waals surface area (Å²) in [5.74, 6) is 1.77. The lowest BCUT2D eigenvalue weighted by Crippen LogP contribution is -2.40. The third-order valence-corrected chi connectivity index (χ3v) is 7.51. The molecule has 4 rings (SSSR count). The second kappa shape index (κ2) is 9.99. The van der Waals surface area contributed by atoms with Crippen LogP contribution >= 0.6 is 0 Å². The number of rotatable bonds is 9. The average Bonchev–Trinajstić information content (AvgIpc) is 3.16. The minimum Gasteiger partial charge on any atom is -0.492 e. The van der Waals surface area contributed by atoms with Gasteiger partial charge in [0.1, 0.15) is 18.2 Å². The minimum atomic E-state index is -3.55. The van der Waals surface area contributed by atoms with Gasteiger partial charge in [0.25, 0.3) is 0 Å². The van der Waals surface area contributed by atoms with Crippen molar-refractivity contribution < 1.29 is 17.9 Å². The van der Waals surface area contributed by atoms with Crippen LogP contribution in [0.5, 0.6) is 5.75 Å². The first kappa shape index (κ1) is 22.7. The highest BCUT2D eigenvalue weighted by molar-refractivity contribution is 7.89. The second-order valence-electron chi connectivity index (χ2n) is 7.84. The van der Waals surface area contributed by atoms with Gasteiger partial charge in [0.2, 0.25) is 10.0 Å². The van der Waals surface area contributed by atoms with Crippen LogP contribution < -0.4 is 4.74 Å². The Labute approximate surface area is 189 Å². The number of sulfonamides is 1. The SMILES string of the molecule is CCn1c(CN(C)CCOc2ccccc2)nc2cc(S(=O)(=O)N3CCOCC3)ccc21. The average molecular weight is 459 g/mol. The van der Waals surface area contributed by atoms with Crippen LogP contribution in [0, 0.1) is 0 Å². The maximum Gasteiger partial charge on any atom is 0.243 e. The summed E-state index contributed by atoms with van der Waals surface area (Å²) in [6.45, 7) is 6.42. The van der Waals surface area contributed by atoms with Gasteiger partial charge in [0, 0.05) is 26.2 Å². The fraction of sp³-hybridized carbons (Fsp3) is 0.435. The first-order valence-electron chi connectivity index (χ1n) is 10.9. The summed E-state index contributed by atoms with van der Waals surface area (Å²) in [6.07, 6.45) is 0. The number of hydrogen-bond donors (Lipinski definition) is 0. The van der Waals surface area contributed by atoms with Crippen molar-refractivity contribution in [1.82, 2.24) is 18.8 Å². The highest BCUT2D eigenvalue weighted by Gasteiger charge is 2.27. The third-order valence-electron chi connectivity index (χ3n) is 5.62. The van der Waals surface area contributed by atoms with E-state index in [0.717, 1.165) is 30.2 Å². The predicted molar refractivity (Wildman–Crippen MR) is 123 cm³/mol. The van der Waals surface area contributed by atoms with Crippen LogP contribution in [0.1, 0.15) is 12.7 Å². The number of likely N-dealkylation sites (N-methyl/N-ethyl adjacent to an activating group) is 1. The van der Waals surface area contributed by atoms with Crippen molar-refractivity contribution in [2.45, 2.75) is 24.9 Å². The molecule has 1 aliphatic heterocycles. The van der Waals surface area contributed by atoms with Crippen LogP contribution in [0.2, 0.25) is 0 Å². The molecule has 2 aromatic carbocycles. The number of hydrogen-bond acceptors (Lipinski definition) is 6. The van der Waals surface area contributed by atoms with E-state index in [1.54, 1.807) is 12.1 Å². The lowest BCUT2D eigenvalue weighted by Gasteiger charge is -2.26. The molecule has 32 heavy (non-hydrogen) atoms. The van der Waals surface area contributed by atoms with E-state index in [0.29, 0.717) is 45.0 Å². The molecule has 0 N–H and O–H groups in total. The van der Waals surface area contributed by atoms with Gasteiger partial charge >= 0.3 is 0 Å². The molecule has 0 atom stereocenters. The lowest BCUT2D eigenvalue weighted by molar-refractivity contribution is 0.0730. The van der Waals surface area contributed by atoms with Crippen LogP contribution in [0.15, 0.2) is 53.4 Å². The molecule has 1 saturated heterocycles. The summed E-state index contributed by atoms with van der Waals surface area (Å²) in [5.41, 5.74) is 1.64. The summed E-state index contributed by atoms with van der Waals surface area (Å²) in [6, 6.07) is 15.0. The van der Waals surface area contributed by atoms with Gasteiger partial charge in [-0.1, -0.05) is 18.2 Å². The van der Waals surface area contributed by atoms with Crippen molar-refractivity contribution in [2.75, 3.05) is 46.5 Å². The van der Waals surface area contributed by atoms with Gasteiger partial charge in [-0.15, -0.1) is 0 Å². The van der Waals surface area contributed by atoms with Gasteiger partial charge in [0.15, 0.2) is 0 Å². The van der Waals surface area contributed by atoms with Gasteiger partial charge < -0.3 is 14.0 Å². The Hall–Kier alpha value is -2.46. The number of ether oxygens (including phenoxy) is 2. The smallest absolute Gasteiger partial charge is 0.243 e. The van der Waals surface area contributed by atoms with Crippen molar-refractivity contribution >= 4 is 21.1 Å². The van der Waals surface area contributed by atoms with Gasteiger partial charge in [-0.25, -0.2) is 13.4 Å². The van der Waals surface area contributed by atoms with Gasteiger partial charge in [0.05, 0.1) is 35.7 Å². The summed E-state index contributed by atoms with van der Waals surface area (Å²) in [4.78, 5) is 7.22. The van der Waals surface area contributed by atoms with E-state index < -0.39 is 10.0 Å². The van der Waals surface area contributed by atoms with E-state index in [1.165, 1.54) is 4.31 Å². The van der Waals surface area contributed by atoms with E-state index in [2.05, 4.69) is 16.4 Å². The van der Waals surface area contributed by atoms with Crippen molar-refractivity contribution in [2.24, 2.45) is 0 Å². The Morgan fingerprint density at radius 3 is 2.59 bits per heavy atom. The van der Waals surface area contributed by atoms with Gasteiger partial charge in [-0.05, 0) is 44.3 Å². The molecule has 0 radical (unpaired) electrons. The van der Waals surface area contributed by atoms with E-state index in [-0.39, 0.29) is 4.90 Å². The zero-order valence-electron chi connectivity index (χ0n) is 18.6. The molecule has 9 heteroatoms. The molecule has 8 nitrogen and oxygen atoms in total. The Morgan fingerprint density at radius 1 is 1.12 bits per heavy atom. The third kappa shape index (κ3) is 4.96. The highest BCUT2D eigenvalue weighted by atomic mass is 32.2. The monoisotopic (exact) mass is 458 g/mol. The van der Waals surface area contributed by atoms with E-state index >= 15 is 0 Å². The predicted octanol–water partition coefficient (Wildman–Crippen LogP) is 2.59. The molecule has 0 spiro atoms. The van der Waals surface area contributed by atoms with Crippen molar-refractivity contribution in [3.8, 4) is 5.75 Å². The number of benzene rings is 2. The van der Waals surface area contributed by atoms with Crippen molar-refractivity contribution in [3.63, 3.8) is 0 Å². The fourth-order valence-electron chi connectivity index (χ4n) is 3.89. The van der Waals surface area contributed by atoms with E-state index in [4.69, 9.17) is 14.5 Å². The Kier molecular flexibility index (Phi) is 7.10. The number of aromatic nitrogens is 2. The maximum atomic E-state index is 13.0. The molecule has 0 amide bonds. The summed E-state index contributed by atoms with van der Waals surface area (Å²) >= 11 is 0. The number of imidazole rings is 1. The Bertz CT molecular complexity index is 1140. The minimum absolute atomic E-state index is 0.281. The second-order valence-corrected chi connectivity index (χ2v) is 9.78. The van der Waals surface area contributed by atoms with Gasteiger partial charge in [-0.2, -0.15) is 4.31 Å². The van der Waals surface area contributed by atoms with E-state index in [9.17, 15) is 8.42 Å². The van der Waals surface area contributed by atoms with Crippen molar-refractivity contribution in [1.29, 1.82) is 0 Å². The quantitative estimate of drug-likeness (QED) is 0.491. The zero-order valence-corrected chi connectivity index (χ0v) is 19.4. The first-order chi connectivity index (χ1) is 15.5. The molecule has 172 valence electrons. The van der Waals surface area contributed by atoms with Crippen LogP contribution in [-0.4, -0.2) is 73.7 Å². The lowest BCUT2D eigenvalue weighted by atomic mass is 10.3. The van der Waals surface area contributed by atoms with Crippen LogP contribution in [0.25, 0.3) is 11.0 Å². The molecule has 2 heterocycles. The highest BCUT2D eigenvalue weighted by Crippen LogP contribution is 2.24. The fourth-order valence-corrected chi connectivity index (χ4v) is 5.31. The molecule has 3 aromatic rings. The number of aryl methyl sites for hydroxylation is 1. The summed E-state index contributed by atoms with van der Waals surface area (Å²) in [7, 11) is -1.52. The van der Waals surface area contributed by atoms with Crippen LogP contribution in [0.4, 0.5) is 0 Å². The Morgan fingerprint density at radius 2 is 1.88 bits per heavy atom. The summed E-state index contributed by atoms with van der Waals surface area (Å²) < 4.78 is 40.7. The number of fused-ring (bicyclic) bond motifs is 1. The molecule has 0 saturated carbocycles.